The molecule has 4 aromatic rings. The van der Waals surface area contributed by atoms with Gasteiger partial charge in [-0.25, -0.2) is 0 Å². The summed E-state index contributed by atoms with van der Waals surface area (Å²) in [7, 11) is 1.66. The molecule has 4 rings (SSSR count). The molecule has 0 amide bonds. The standard InChI is InChI=1S/C21H14Br2O2/c1-25-19-9-3-13-11-15(23)5-7-17(13)21(19)20-16-6-4-14(22)10-12(16)2-8-18(20)24/h2-11,24H,1H3. The molecule has 0 aliphatic rings. The third-order valence-electron chi connectivity index (χ3n) is 4.37. The number of hydrogen-bond acceptors (Lipinski definition) is 2. The van der Waals surface area contributed by atoms with E-state index in [2.05, 4.69) is 44.0 Å². The molecule has 0 unspecified atom stereocenters. The van der Waals surface area contributed by atoms with E-state index in [4.69, 9.17) is 4.74 Å². The maximum absolute atomic E-state index is 10.7. The molecule has 2 nitrogen and oxygen atoms in total. The van der Waals surface area contributed by atoms with Gasteiger partial charge < -0.3 is 9.84 Å². The number of methoxy groups -OCH3 is 1. The number of halogens is 2. The van der Waals surface area contributed by atoms with Crippen LogP contribution in [0.1, 0.15) is 0 Å². The van der Waals surface area contributed by atoms with Crippen LogP contribution in [0, 0.1) is 0 Å². The Morgan fingerprint density at radius 1 is 0.720 bits per heavy atom. The summed E-state index contributed by atoms with van der Waals surface area (Å²) in [4.78, 5) is 0. The summed E-state index contributed by atoms with van der Waals surface area (Å²) in [5.74, 6) is 0.976. The zero-order valence-corrected chi connectivity index (χ0v) is 16.6. The summed E-state index contributed by atoms with van der Waals surface area (Å²) in [5, 5.41) is 14.8. The lowest BCUT2D eigenvalue weighted by atomic mass is 9.92. The Labute approximate surface area is 162 Å². The van der Waals surface area contributed by atoms with Crippen molar-refractivity contribution >= 4 is 53.4 Å². The number of hydrogen-bond donors (Lipinski definition) is 1. The molecule has 0 aromatic heterocycles. The van der Waals surface area contributed by atoms with E-state index in [1.807, 2.05) is 42.5 Å². The number of benzene rings is 4. The highest BCUT2D eigenvalue weighted by Gasteiger charge is 2.17. The number of rotatable bonds is 2. The normalized spacial score (nSPS) is 11.2. The van der Waals surface area contributed by atoms with Crippen LogP contribution in [-0.4, -0.2) is 12.2 Å². The minimum atomic E-state index is 0.239. The first-order valence-corrected chi connectivity index (χ1v) is 9.35. The van der Waals surface area contributed by atoms with Gasteiger partial charge in [-0.3, -0.25) is 0 Å². The van der Waals surface area contributed by atoms with Crippen molar-refractivity contribution in [1.82, 2.24) is 0 Å². The monoisotopic (exact) mass is 456 g/mol. The lowest BCUT2D eigenvalue weighted by molar-refractivity contribution is 0.416. The summed E-state index contributed by atoms with van der Waals surface area (Å²) in [6, 6.07) is 19.8. The van der Waals surface area contributed by atoms with E-state index in [1.54, 1.807) is 13.2 Å². The van der Waals surface area contributed by atoms with Crippen LogP contribution < -0.4 is 4.74 Å². The number of aromatic hydroxyl groups is 1. The lowest BCUT2D eigenvalue weighted by Crippen LogP contribution is -1.92. The summed E-state index contributed by atoms with van der Waals surface area (Å²) in [6.45, 7) is 0. The van der Waals surface area contributed by atoms with Gasteiger partial charge in [-0.15, -0.1) is 0 Å². The van der Waals surface area contributed by atoms with Gasteiger partial charge in [0.25, 0.3) is 0 Å². The molecule has 0 heterocycles. The summed E-state index contributed by atoms with van der Waals surface area (Å²) in [5.41, 5.74) is 1.69. The molecule has 0 spiro atoms. The zero-order valence-electron chi connectivity index (χ0n) is 13.4. The van der Waals surface area contributed by atoms with Crippen LogP contribution in [-0.2, 0) is 0 Å². The van der Waals surface area contributed by atoms with Crippen molar-refractivity contribution in [2.24, 2.45) is 0 Å². The second-order valence-corrected chi connectivity index (χ2v) is 7.66. The maximum atomic E-state index is 10.7. The van der Waals surface area contributed by atoms with Gasteiger partial charge in [0.05, 0.1) is 7.11 Å². The van der Waals surface area contributed by atoms with Gasteiger partial charge in [-0.2, -0.15) is 0 Å². The molecule has 0 saturated carbocycles. The second-order valence-electron chi connectivity index (χ2n) is 5.83. The quantitative estimate of drug-likeness (QED) is 0.354. The number of phenolic OH excluding ortho intramolecular Hbond substituents is 1. The molecular formula is C21H14Br2O2. The van der Waals surface area contributed by atoms with Gasteiger partial charge in [0.1, 0.15) is 11.5 Å². The predicted molar refractivity (Wildman–Crippen MR) is 111 cm³/mol. The second kappa shape index (κ2) is 6.36. The Morgan fingerprint density at radius 2 is 1.28 bits per heavy atom. The predicted octanol–water partition coefficient (Wildman–Crippen LogP) is 6.90. The molecule has 0 bridgehead atoms. The lowest BCUT2D eigenvalue weighted by Gasteiger charge is -2.16. The van der Waals surface area contributed by atoms with E-state index in [0.29, 0.717) is 0 Å². The zero-order chi connectivity index (χ0) is 17.6. The van der Waals surface area contributed by atoms with Crippen molar-refractivity contribution < 1.29 is 9.84 Å². The van der Waals surface area contributed by atoms with Crippen LogP contribution in [0.2, 0.25) is 0 Å². The maximum Gasteiger partial charge on any atom is 0.127 e. The van der Waals surface area contributed by atoms with Crippen molar-refractivity contribution in [3.8, 4) is 22.6 Å². The molecule has 0 radical (unpaired) electrons. The van der Waals surface area contributed by atoms with Crippen molar-refractivity contribution in [3.63, 3.8) is 0 Å². The Hall–Kier alpha value is -2.04. The first kappa shape index (κ1) is 16.4. The van der Waals surface area contributed by atoms with E-state index >= 15 is 0 Å². The molecule has 0 saturated heterocycles. The SMILES string of the molecule is COc1ccc2cc(Br)ccc2c1-c1c(O)ccc2cc(Br)ccc12. The van der Waals surface area contributed by atoms with Gasteiger partial charge in [0.15, 0.2) is 0 Å². The van der Waals surface area contributed by atoms with Gasteiger partial charge in [-0.05, 0) is 57.9 Å². The average molecular weight is 458 g/mol. The molecule has 4 heteroatoms. The Kier molecular flexibility index (Phi) is 4.18. The van der Waals surface area contributed by atoms with Crippen molar-refractivity contribution in [3.05, 3.63) is 69.6 Å². The van der Waals surface area contributed by atoms with E-state index in [1.165, 1.54) is 0 Å². The van der Waals surface area contributed by atoms with Crippen molar-refractivity contribution in [2.75, 3.05) is 7.11 Å². The van der Waals surface area contributed by atoms with Crippen LogP contribution in [0.3, 0.4) is 0 Å². The molecule has 0 fully saturated rings. The molecule has 1 N–H and O–H groups in total. The van der Waals surface area contributed by atoms with Gasteiger partial charge >= 0.3 is 0 Å². The van der Waals surface area contributed by atoms with Gasteiger partial charge in [0, 0.05) is 20.1 Å². The molecular weight excluding hydrogens is 444 g/mol. The van der Waals surface area contributed by atoms with Crippen LogP contribution >= 0.6 is 31.9 Å². The van der Waals surface area contributed by atoms with Gasteiger partial charge in [0.2, 0.25) is 0 Å². The fourth-order valence-corrected chi connectivity index (χ4v) is 4.02. The highest BCUT2D eigenvalue weighted by Crippen LogP contribution is 2.45. The smallest absolute Gasteiger partial charge is 0.127 e. The number of phenols is 1. The van der Waals surface area contributed by atoms with E-state index in [9.17, 15) is 5.11 Å². The molecule has 0 atom stereocenters. The van der Waals surface area contributed by atoms with Crippen LogP contribution in [0.5, 0.6) is 11.5 Å². The highest BCUT2D eigenvalue weighted by atomic mass is 79.9. The topological polar surface area (TPSA) is 29.5 Å². The number of ether oxygens (including phenoxy) is 1. The van der Waals surface area contributed by atoms with E-state index in [-0.39, 0.29) is 5.75 Å². The number of fused-ring (bicyclic) bond motifs is 2. The summed E-state index contributed by atoms with van der Waals surface area (Å²) < 4.78 is 7.65. The Morgan fingerprint density at radius 3 is 1.88 bits per heavy atom. The Balaban J connectivity index is 2.18. The molecule has 25 heavy (non-hydrogen) atoms. The highest BCUT2D eigenvalue weighted by molar-refractivity contribution is 9.10. The molecule has 124 valence electrons. The first-order valence-electron chi connectivity index (χ1n) is 7.76. The first-order chi connectivity index (χ1) is 12.1. The van der Waals surface area contributed by atoms with E-state index in [0.717, 1.165) is 47.4 Å². The molecule has 0 aliphatic heterocycles. The third kappa shape index (κ3) is 2.79. The van der Waals surface area contributed by atoms with Crippen LogP contribution in [0.25, 0.3) is 32.7 Å². The van der Waals surface area contributed by atoms with Crippen molar-refractivity contribution in [2.45, 2.75) is 0 Å². The summed E-state index contributed by atoms with van der Waals surface area (Å²) in [6.07, 6.45) is 0. The third-order valence-corrected chi connectivity index (χ3v) is 5.36. The Bertz CT molecular complexity index is 1120. The minimum Gasteiger partial charge on any atom is -0.507 e. The average Bonchev–Trinajstić information content (AvgIpc) is 2.61. The van der Waals surface area contributed by atoms with Crippen LogP contribution in [0.4, 0.5) is 0 Å². The van der Waals surface area contributed by atoms with Crippen molar-refractivity contribution in [1.29, 1.82) is 0 Å². The molecule has 0 aliphatic carbocycles. The summed E-state index contributed by atoms with van der Waals surface area (Å²) >= 11 is 7.04. The fraction of sp³-hybridized carbons (Fsp3) is 0.0476. The fourth-order valence-electron chi connectivity index (χ4n) is 3.26. The van der Waals surface area contributed by atoms with Gasteiger partial charge in [-0.1, -0.05) is 56.1 Å². The molecule has 4 aromatic carbocycles. The minimum absolute atomic E-state index is 0.239. The van der Waals surface area contributed by atoms with Crippen LogP contribution in [0.15, 0.2) is 69.6 Å². The largest absolute Gasteiger partial charge is 0.507 e. The van der Waals surface area contributed by atoms with E-state index < -0.39 is 0 Å².